The van der Waals surface area contributed by atoms with Crippen LogP contribution < -0.4 is 18.9 Å². The minimum absolute atomic E-state index is 0.0456. The highest BCUT2D eigenvalue weighted by atomic mass is 32.2. The molecule has 13 nitrogen and oxygen atoms in total. The largest absolute Gasteiger partial charge is 0.486 e. The molecule has 2 amide bonds. The van der Waals surface area contributed by atoms with Gasteiger partial charge in [-0.2, -0.15) is 0 Å². The van der Waals surface area contributed by atoms with Crippen LogP contribution in [0, 0.1) is 29.1 Å². The fourth-order valence-corrected chi connectivity index (χ4v) is 10.2. The lowest BCUT2D eigenvalue weighted by Gasteiger charge is -2.33. The topological polar surface area (TPSA) is 168 Å². The van der Waals surface area contributed by atoms with Crippen molar-refractivity contribution in [1.82, 2.24) is 14.6 Å². The molecule has 3 fully saturated rings. The summed E-state index contributed by atoms with van der Waals surface area (Å²) in [6.07, 6.45) is 8.77. The second-order valence-corrected chi connectivity index (χ2v) is 20.4. The van der Waals surface area contributed by atoms with E-state index in [-0.39, 0.29) is 55.3 Å². The number of hydrogen-bond acceptors (Lipinski definition) is 11. The van der Waals surface area contributed by atoms with Gasteiger partial charge in [0.1, 0.15) is 24.9 Å². The Morgan fingerprint density at radius 1 is 1.07 bits per heavy atom. The Hall–Kier alpha value is -4.20. The molecule has 1 aromatic heterocycles. The highest BCUT2D eigenvalue weighted by Gasteiger charge is 2.62. The highest BCUT2D eigenvalue weighted by Crippen LogP contribution is 2.58. The summed E-state index contributed by atoms with van der Waals surface area (Å²) in [6, 6.07) is 4.48. The summed E-state index contributed by atoms with van der Waals surface area (Å²) in [7, 11) is -3.96. The van der Waals surface area contributed by atoms with Gasteiger partial charge in [0, 0.05) is 29.8 Å². The molecule has 1 saturated heterocycles. The molecule has 2 aromatic rings. The van der Waals surface area contributed by atoms with Crippen LogP contribution in [0.5, 0.6) is 17.4 Å². The van der Waals surface area contributed by atoms with Crippen molar-refractivity contribution in [3.63, 3.8) is 0 Å². The number of carbonyl (C=O) groups excluding carboxylic acids is 4. The Kier molecular flexibility index (Phi) is 11.2. The number of nitrogens with zero attached hydrogens (tertiary/aromatic N) is 2. The molecule has 14 heteroatoms. The number of allylic oxidation sites excluding steroid dienone is 2. The number of hydrogen-bond donors (Lipinski definition) is 1. The first-order valence-corrected chi connectivity index (χ1v) is 22.0. The molecule has 0 unspecified atom stereocenters. The first-order valence-electron chi connectivity index (χ1n) is 20.6. The number of rotatable bonds is 8. The smallest absolute Gasteiger partial charge is 0.307 e. The second kappa shape index (κ2) is 15.5. The molecular weight excluding hydrogens is 751 g/mol. The van der Waals surface area contributed by atoms with E-state index in [0.717, 1.165) is 18.2 Å². The normalized spacial score (nSPS) is 30.6. The van der Waals surface area contributed by atoms with Gasteiger partial charge in [0.25, 0.3) is 0 Å². The molecular formula is C43H57N3O10S. The predicted octanol–water partition coefficient (Wildman–Crippen LogP) is 6.07. The maximum absolute atomic E-state index is 15.1. The van der Waals surface area contributed by atoms with E-state index in [1.54, 1.807) is 44.9 Å². The zero-order chi connectivity index (χ0) is 40.9. The van der Waals surface area contributed by atoms with Gasteiger partial charge in [-0.15, -0.1) is 0 Å². The SMILES string of the molecule is CC[C@@H]1C[C@@H](C)CC/C=C\[C@@H]2C[C@@]2(C(=O)NS(=O)(=O)C2(C)CC2)CC(=O)[C@@H]2C[C@@H](Oc3nccc4c5c(ccc34)OCCO5)CN2C(=O)[C@H]1CC(=O)OC(C)(C)C. The maximum Gasteiger partial charge on any atom is 0.307 e. The van der Waals surface area contributed by atoms with Crippen LogP contribution in [-0.4, -0.2) is 84.1 Å². The fraction of sp³-hybridized carbons (Fsp3) is 0.651. The van der Waals surface area contributed by atoms with Crippen molar-refractivity contribution < 1.29 is 46.5 Å². The molecule has 7 atom stereocenters. The third kappa shape index (κ3) is 8.52. The van der Waals surface area contributed by atoms with Gasteiger partial charge in [-0.3, -0.25) is 23.9 Å². The standard InChI is InChI=1S/C43H57N3O10S/c1-7-27-20-26(2)10-8-9-11-28-23-43(28,40(50)45-57(51,52)42(6)15-16-42)24-34(47)33-21-29(25-46(33)39(49)32(27)22-36(48)56-41(3,4)5)55-38-31-12-13-35-37(54-19-18-53-35)30(31)14-17-44-38/h9,11-14,17,26-29,32-33H,7-8,10,15-16,18-25H2,1-6H3,(H,45,50)/b11-9-/t26-,27+,28+,29+,32-,33-,43+/m0/s1. The summed E-state index contributed by atoms with van der Waals surface area (Å²) in [6.45, 7) is 12.0. The van der Waals surface area contributed by atoms with Crippen molar-refractivity contribution in [1.29, 1.82) is 0 Å². The molecule has 2 saturated carbocycles. The van der Waals surface area contributed by atoms with Gasteiger partial charge in [0.15, 0.2) is 17.3 Å². The number of carbonyl (C=O) groups is 4. The summed E-state index contributed by atoms with van der Waals surface area (Å²) in [4.78, 5) is 63.4. The summed E-state index contributed by atoms with van der Waals surface area (Å²) in [5.74, 6) is -1.39. The number of nitrogens with one attached hydrogen (secondary N) is 1. The zero-order valence-electron chi connectivity index (χ0n) is 34.0. The number of amides is 2. The van der Waals surface area contributed by atoms with Crippen molar-refractivity contribution in [3.8, 4) is 17.4 Å². The Labute approximate surface area is 335 Å². The van der Waals surface area contributed by atoms with Crippen LogP contribution >= 0.6 is 0 Å². The van der Waals surface area contributed by atoms with E-state index < -0.39 is 55.7 Å². The van der Waals surface area contributed by atoms with Crippen LogP contribution in [0.1, 0.15) is 106 Å². The molecule has 4 heterocycles. The first kappa shape index (κ1) is 41.0. The Bertz CT molecular complexity index is 2060. The number of benzene rings is 1. The van der Waals surface area contributed by atoms with Gasteiger partial charge in [-0.05, 0) is 102 Å². The van der Waals surface area contributed by atoms with E-state index in [1.165, 1.54) is 0 Å². The lowest BCUT2D eigenvalue weighted by atomic mass is 9.79. The number of pyridine rings is 1. The second-order valence-electron chi connectivity index (χ2n) is 18.2. The molecule has 0 bridgehead atoms. The molecule has 5 aliphatic rings. The highest BCUT2D eigenvalue weighted by molar-refractivity contribution is 7.91. The number of fused-ring (bicyclic) bond motifs is 5. The van der Waals surface area contributed by atoms with Crippen LogP contribution in [-0.2, 0) is 33.9 Å². The van der Waals surface area contributed by atoms with Crippen molar-refractivity contribution in [2.45, 2.75) is 128 Å². The molecule has 1 N–H and O–H groups in total. The molecule has 3 aliphatic heterocycles. The van der Waals surface area contributed by atoms with Crippen LogP contribution in [0.2, 0.25) is 0 Å². The van der Waals surface area contributed by atoms with Gasteiger partial charge >= 0.3 is 5.97 Å². The molecule has 2 aliphatic carbocycles. The number of ketones is 1. The van der Waals surface area contributed by atoms with Gasteiger partial charge < -0.3 is 23.8 Å². The number of esters is 1. The van der Waals surface area contributed by atoms with E-state index in [1.807, 2.05) is 31.2 Å². The quantitative estimate of drug-likeness (QED) is 0.243. The predicted molar refractivity (Wildman–Crippen MR) is 212 cm³/mol. The van der Waals surface area contributed by atoms with Gasteiger partial charge in [-0.25, -0.2) is 13.4 Å². The number of Topliss-reactive ketones (excluding diaryl/α,β-unsaturated/α-hetero) is 1. The third-order valence-corrected chi connectivity index (χ3v) is 14.8. The van der Waals surface area contributed by atoms with Crippen LogP contribution in [0.4, 0.5) is 0 Å². The molecule has 57 heavy (non-hydrogen) atoms. The molecule has 1 aromatic carbocycles. The van der Waals surface area contributed by atoms with E-state index in [4.69, 9.17) is 18.9 Å². The summed E-state index contributed by atoms with van der Waals surface area (Å²) in [5, 5.41) is 1.44. The average Bonchev–Trinajstić information content (AvgIpc) is 4.03. The molecule has 310 valence electrons. The Morgan fingerprint density at radius 3 is 2.54 bits per heavy atom. The minimum atomic E-state index is -3.96. The zero-order valence-corrected chi connectivity index (χ0v) is 34.8. The fourth-order valence-electron chi connectivity index (χ4n) is 8.90. The monoisotopic (exact) mass is 807 g/mol. The van der Waals surface area contributed by atoms with Gasteiger partial charge in [-0.1, -0.05) is 32.4 Å². The summed E-state index contributed by atoms with van der Waals surface area (Å²) < 4.78 is 51.9. The van der Waals surface area contributed by atoms with E-state index in [0.29, 0.717) is 68.1 Å². The maximum atomic E-state index is 15.1. The van der Waals surface area contributed by atoms with E-state index >= 15 is 4.79 Å². The van der Waals surface area contributed by atoms with Crippen molar-refractivity contribution in [2.24, 2.45) is 29.1 Å². The lowest BCUT2D eigenvalue weighted by Crippen LogP contribution is -2.48. The van der Waals surface area contributed by atoms with E-state index in [9.17, 15) is 22.8 Å². The van der Waals surface area contributed by atoms with Gasteiger partial charge in [0.2, 0.25) is 27.7 Å². The van der Waals surface area contributed by atoms with Crippen LogP contribution in [0.15, 0.2) is 36.5 Å². The number of aromatic nitrogens is 1. The molecule has 0 radical (unpaired) electrons. The first-order chi connectivity index (χ1) is 26.9. The number of sulfonamides is 1. The Balaban J connectivity index is 1.24. The van der Waals surface area contributed by atoms with Crippen LogP contribution in [0.25, 0.3) is 10.8 Å². The lowest BCUT2D eigenvalue weighted by molar-refractivity contribution is -0.160. The van der Waals surface area contributed by atoms with Crippen molar-refractivity contribution in [2.75, 3.05) is 19.8 Å². The average molecular weight is 808 g/mol. The van der Waals surface area contributed by atoms with Crippen molar-refractivity contribution in [3.05, 3.63) is 36.5 Å². The van der Waals surface area contributed by atoms with Crippen molar-refractivity contribution >= 4 is 44.4 Å². The van der Waals surface area contributed by atoms with Crippen LogP contribution in [0.3, 0.4) is 0 Å². The minimum Gasteiger partial charge on any atom is -0.486 e. The van der Waals surface area contributed by atoms with E-state index in [2.05, 4.69) is 16.6 Å². The molecule has 7 rings (SSSR count). The third-order valence-electron chi connectivity index (χ3n) is 12.6. The van der Waals surface area contributed by atoms with Gasteiger partial charge in [0.05, 0.1) is 35.1 Å². The summed E-state index contributed by atoms with van der Waals surface area (Å²) >= 11 is 0. The summed E-state index contributed by atoms with van der Waals surface area (Å²) in [5.41, 5.74) is -2.03. The Morgan fingerprint density at radius 2 is 1.82 bits per heavy atom. The molecule has 0 spiro atoms. The number of ether oxygens (including phenoxy) is 4.